The Kier molecular flexibility index (Phi) is 17.3. The van der Waals surface area contributed by atoms with Crippen molar-refractivity contribution in [2.45, 2.75) is 78.3 Å². The molecule has 4 aliphatic heterocycles. The van der Waals surface area contributed by atoms with Crippen molar-refractivity contribution in [1.82, 2.24) is 5.11 Å². The standard InChI is InChI=1S/C80H48N8S8.ClH.In/c1-9-25-49(26-10-1)89-65-41-57-58(42-66(65)90-50-27-11-2-12-28-50)74-81-73(57)85-75-59-43-67(91-51-29-13-3-14-30-51)68(92-52-31-15-4-16-32-52)44-60(59)77(82-75)87-79-63-47-71(95-55-37-21-7-22-38-55)72(96-56-39-23-8-24-40-56)48-64(63)80(84-79)88-78-62-46-70(94-54-35-19-6-20-36-54)69(45-61(62)76(83-78)86-74)93-53-33-17-5-18-34-53;;/h1-48H;1H;/q-2;;+3/p-1. The molecule has 6 heterocycles. The minimum atomic E-state index is -4.47. The van der Waals surface area contributed by atoms with E-state index in [0.717, 1.165) is 122 Å². The first-order valence-electron chi connectivity index (χ1n) is 31.5. The van der Waals surface area contributed by atoms with Crippen molar-refractivity contribution >= 4 is 180 Å². The van der Waals surface area contributed by atoms with Gasteiger partial charge in [-0.1, -0.05) is 0 Å². The van der Waals surface area contributed by atoms with E-state index in [4.69, 9.17) is 38.5 Å². The van der Waals surface area contributed by atoms with Crippen LogP contribution in [0.4, 0.5) is 11.6 Å². The molecule has 466 valence electrons. The molecule has 0 radical (unpaired) electrons. The normalized spacial score (nSPS) is 13.3. The Balaban J connectivity index is 0.979. The van der Waals surface area contributed by atoms with Crippen LogP contribution in [-0.2, 0) is 0 Å². The van der Waals surface area contributed by atoms with Crippen LogP contribution in [0.5, 0.6) is 0 Å². The molecule has 0 aliphatic carbocycles. The van der Waals surface area contributed by atoms with E-state index >= 15 is 0 Å². The van der Waals surface area contributed by atoms with E-state index < -0.39 is 20.8 Å². The van der Waals surface area contributed by atoms with Gasteiger partial charge in [-0.3, -0.25) is 0 Å². The number of rotatable bonds is 16. The number of amidine groups is 4. The van der Waals surface area contributed by atoms with Crippen molar-refractivity contribution in [2.24, 2.45) is 30.0 Å². The zero-order chi connectivity index (χ0) is 65.0. The van der Waals surface area contributed by atoms with Gasteiger partial charge < -0.3 is 0 Å². The Bertz CT molecular complexity index is 5400. The van der Waals surface area contributed by atoms with Crippen LogP contribution < -0.4 is 11.0 Å². The summed E-state index contributed by atoms with van der Waals surface area (Å²) in [5.74, 6) is 3.51. The fourth-order valence-electron chi connectivity index (χ4n) is 12.2. The molecule has 6 bridgehead atoms. The van der Waals surface area contributed by atoms with E-state index in [9.17, 15) is 0 Å². The van der Waals surface area contributed by atoms with Gasteiger partial charge in [0.05, 0.1) is 0 Å². The van der Waals surface area contributed by atoms with Gasteiger partial charge >= 0.3 is 618 Å². The number of halogens is 1. The van der Waals surface area contributed by atoms with E-state index in [1.54, 1.807) is 94.1 Å². The molecule has 2 aromatic heterocycles. The predicted molar refractivity (Wildman–Crippen MR) is 411 cm³/mol. The van der Waals surface area contributed by atoms with E-state index in [1.807, 2.05) is 0 Å². The van der Waals surface area contributed by atoms with Crippen LogP contribution in [0, 0.1) is 0 Å². The van der Waals surface area contributed by atoms with Crippen molar-refractivity contribution in [3.63, 3.8) is 0 Å². The molecule has 0 fully saturated rings. The molecule has 14 aromatic rings. The topological polar surface area (TPSA) is 84.0 Å². The molecule has 0 N–H and O–H groups in total. The van der Waals surface area contributed by atoms with Gasteiger partial charge in [-0.15, -0.1) is 0 Å². The van der Waals surface area contributed by atoms with E-state index in [2.05, 4.69) is 296 Å². The van der Waals surface area contributed by atoms with Crippen LogP contribution in [0.15, 0.2) is 399 Å². The molecule has 18 rings (SSSR count). The average molecular weight is 1530 g/mol. The summed E-state index contributed by atoms with van der Waals surface area (Å²) in [5.41, 5.74) is 4.82. The third-order valence-electron chi connectivity index (χ3n) is 16.6. The van der Waals surface area contributed by atoms with E-state index in [0.29, 0.717) is 46.0 Å². The summed E-state index contributed by atoms with van der Waals surface area (Å²) >= 11 is 9.43. The van der Waals surface area contributed by atoms with Crippen LogP contribution in [0.3, 0.4) is 0 Å². The van der Waals surface area contributed by atoms with Gasteiger partial charge in [0, 0.05) is 0 Å². The molecule has 0 saturated carbocycles. The van der Waals surface area contributed by atoms with Crippen LogP contribution in [0.1, 0.15) is 22.3 Å². The fraction of sp³-hybridized carbons (Fsp3) is 0. The second kappa shape index (κ2) is 27.2. The summed E-state index contributed by atoms with van der Waals surface area (Å²) in [5, 5.41) is 3.57. The molecule has 4 aliphatic rings. The van der Waals surface area contributed by atoms with Crippen molar-refractivity contribution in [3.8, 4) is 0 Å². The Labute approximate surface area is 611 Å². The molecular formula is C80H48ClInN8S8. The zero-order valence-electron chi connectivity index (χ0n) is 51.5. The second-order valence-corrected chi connectivity index (χ2v) is 39.3. The number of aliphatic imine (C=N–C) groups is 4. The number of benzene rings is 12. The molecular weight excluding hydrogens is 1480 g/mol. The Hall–Kier alpha value is -8.04. The van der Waals surface area contributed by atoms with Gasteiger partial charge in [-0.2, -0.15) is 0 Å². The molecule has 18 heteroatoms. The van der Waals surface area contributed by atoms with Crippen molar-refractivity contribution < 1.29 is 0 Å². The summed E-state index contributed by atoms with van der Waals surface area (Å²) < 4.78 is 4.60. The molecule has 0 atom stereocenters. The number of nitrogens with zero attached hydrogens (tertiary/aromatic N) is 8. The maximum absolute atomic E-state index is 8.93. The Morgan fingerprint density at radius 3 is 0.663 bits per heavy atom. The summed E-state index contributed by atoms with van der Waals surface area (Å²) in [6, 6.07) is 103. The van der Waals surface area contributed by atoms with Crippen LogP contribution >= 0.6 is 103 Å². The first kappa shape index (κ1) is 62.2. The molecule has 8 nitrogen and oxygen atoms in total. The van der Waals surface area contributed by atoms with Crippen LogP contribution in [0.2, 0.25) is 0 Å². The maximum atomic E-state index is 8.93. The van der Waals surface area contributed by atoms with Crippen molar-refractivity contribution in [2.75, 3.05) is 0 Å². The first-order valence-corrected chi connectivity index (χ1v) is 45.1. The third kappa shape index (κ3) is 12.4. The minimum absolute atomic E-state index is 0.542. The fourth-order valence-corrected chi connectivity index (χ4v) is 27.9. The third-order valence-corrected chi connectivity index (χ3v) is 33.5. The first-order chi connectivity index (χ1) is 48.4. The number of aromatic nitrogens is 2. The summed E-state index contributed by atoms with van der Waals surface area (Å²) in [7, 11) is 8.93. The monoisotopic (exact) mass is 1530 g/mol. The molecule has 0 spiro atoms. The van der Waals surface area contributed by atoms with E-state index in [-0.39, 0.29) is 0 Å². The molecule has 0 unspecified atom stereocenters. The van der Waals surface area contributed by atoms with Gasteiger partial charge in [-0.25, -0.2) is 0 Å². The number of hydrogen-bond acceptors (Lipinski definition) is 14. The Morgan fingerprint density at radius 2 is 0.429 bits per heavy atom. The van der Waals surface area contributed by atoms with Gasteiger partial charge in [0.25, 0.3) is 0 Å². The zero-order valence-corrected chi connectivity index (χ0v) is 62.1. The number of hydrogen-bond donors (Lipinski definition) is 0. The predicted octanol–water partition coefficient (Wildman–Crippen LogP) is 22.4. The second-order valence-electron chi connectivity index (χ2n) is 23.0. The summed E-state index contributed by atoms with van der Waals surface area (Å²) in [6.45, 7) is 0. The molecule has 0 saturated heterocycles. The van der Waals surface area contributed by atoms with E-state index in [1.165, 1.54) is 0 Å². The van der Waals surface area contributed by atoms with Crippen molar-refractivity contribution in [1.29, 1.82) is 0 Å². The quantitative estimate of drug-likeness (QED) is 0.0946. The Morgan fingerprint density at radius 1 is 0.224 bits per heavy atom. The average Bonchev–Trinajstić information content (AvgIpc) is 1.55. The number of fused-ring (bicyclic) bond motifs is 14. The van der Waals surface area contributed by atoms with Crippen LogP contribution in [-0.4, -0.2) is 49.3 Å². The van der Waals surface area contributed by atoms with Crippen LogP contribution in [0.25, 0.3) is 21.5 Å². The van der Waals surface area contributed by atoms with Gasteiger partial charge in [-0.05, 0) is 0 Å². The van der Waals surface area contributed by atoms with Crippen molar-refractivity contribution in [3.05, 3.63) is 324 Å². The SMILES string of the molecule is [Cl][In]1[n]2c3c4cc(Sc5ccccc5)c(Sc5ccccc5)cc4c2N=C2N=C(N=c4c5cc(Sc6ccccc6)c(Sc6ccccc6)cc5c([n]41)=NC1=NC(=N3)c3cc(Sc4ccccc4)c(Sc4ccccc4)cc31)c1cc(Sc3ccccc3)c(Sc3ccccc3)cc12. The van der Waals surface area contributed by atoms with Gasteiger partial charge in [0.2, 0.25) is 0 Å². The summed E-state index contributed by atoms with van der Waals surface area (Å²) in [4.78, 5) is 52.6. The van der Waals surface area contributed by atoms with Gasteiger partial charge in [0.1, 0.15) is 0 Å². The molecule has 0 amide bonds. The molecule has 98 heavy (non-hydrogen) atoms. The molecule has 12 aromatic carbocycles. The summed E-state index contributed by atoms with van der Waals surface area (Å²) in [6.07, 6.45) is 0. The van der Waals surface area contributed by atoms with Gasteiger partial charge in [0.15, 0.2) is 0 Å².